The van der Waals surface area contributed by atoms with Gasteiger partial charge >= 0.3 is 0 Å². The van der Waals surface area contributed by atoms with Crippen molar-refractivity contribution in [2.75, 3.05) is 0 Å². The van der Waals surface area contributed by atoms with E-state index in [1.807, 2.05) is 0 Å². The third kappa shape index (κ3) is 4.45. The maximum Gasteiger partial charge on any atom is 0.127 e. The highest BCUT2D eigenvalue weighted by Crippen LogP contribution is 2.30. The van der Waals surface area contributed by atoms with Crippen LogP contribution in [-0.2, 0) is 19.6 Å². The highest BCUT2D eigenvalue weighted by molar-refractivity contribution is 5.24. The molecule has 4 rings (SSSR count). The van der Waals surface area contributed by atoms with Gasteiger partial charge in [-0.2, -0.15) is 0 Å². The van der Waals surface area contributed by atoms with Crippen LogP contribution in [0.5, 0.6) is 0 Å². The van der Waals surface area contributed by atoms with Crippen LogP contribution in [0.2, 0.25) is 0 Å². The molecule has 1 fully saturated rings. The van der Waals surface area contributed by atoms with Crippen LogP contribution in [0.1, 0.15) is 35.2 Å². The van der Waals surface area contributed by atoms with Gasteiger partial charge in [0.25, 0.3) is 0 Å². The van der Waals surface area contributed by atoms with Crippen molar-refractivity contribution in [3.63, 3.8) is 0 Å². The van der Waals surface area contributed by atoms with Crippen molar-refractivity contribution in [1.29, 1.82) is 0 Å². The second-order valence-corrected chi connectivity index (χ2v) is 7.49. The largest absolute Gasteiger partial charge is 0.346 e. The minimum Gasteiger partial charge on any atom is -0.346 e. The first-order valence-corrected chi connectivity index (χ1v) is 9.46. The Morgan fingerprint density at radius 1 is 1.00 bits per heavy atom. The predicted octanol–water partition coefficient (Wildman–Crippen LogP) is 5.29. The van der Waals surface area contributed by atoms with Gasteiger partial charge in [0.2, 0.25) is 0 Å². The first-order valence-electron chi connectivity index (χ1n) is 9.46. The summed E-state index contributed by atoms with van der Waals surface area (Å²) in [6.45, 7) is 4.09. The lowest BCUT2D eigenvalue weighted by Gasteiger charge is -2.23. The summed E-state index contributed by atoms with van der Waals surface area (Å²) in [6.07, 6.45) is 4.33. The summed E-state index contributed by atoms with van der Waals surface area (Å²) >= 11 is 0. The first-order chi connectivity index (χ1) is 13.1. The summed E-state index contributed by atoms with van der Waals surface area (Å²) in [6, 6.07) is 16.9. The molecule has 3 aromatic rings. The minimum absolute atomic E-state index is 0.336. The Kier molecular flexibility index (Phi) is 5.08. The Balaban J connectivity index is 1.51. The van der Waals surface area contributed by atoms with Gasteiger partial charge < -0.3 is 4.57 Å². The Labute approximate surface area is 159 Å². The molecule has 0 aliphatic heterocycles. The normalized spacial score (nSPS) is 14.1. The molecular weight excluding hydrogens is 342 g/mol. The number of halogens is 2. The number of aryl methyl sites for hydroxylation is 1. The van der Waals surface area contributed by atoms with Crippen LogP contribution < -0.4 is 0 Å². The monoisotopic (exact) mass is 366 g/mol. The quantitative estimate of drug-likeness (QED) is 0.552. The number of rotatable bonds is 7. The van der Waals surface area contributed by atoms with Gasteiger partial charge in [0.1, 0.15) is 11.6 Å². The fourth-order valence-electron chi connectivity index (χ4n) is 3.60. The zero-order chi connectivity index (χ0) is 18.8. The van der Waals surface area contributed by atoms with Crippen LogP contribution in [0.25, 0.3) is 0 Å². The second kappa shape index (κ2) is 7.65. The van der Waals surface area contributed by atoms with Crippen molar-refractivity contribution in [3.05, 3.63) is 94.8 Å². The SMILES string of the molecule is Cc1cccc(Cn2cccc2CN(Cc2cc(F)ccc2F)C2CC2)c1. The van der Waals surface area contributed by atoms with Gasteiger partial charge in [-0.05, 0) is 55.7 Å². The smallest absolute Gasteiger partial charge is 0.127 e. The van der Waals surface area contributed by atoms with E-state index in [9.17, 15) is 8.78 Å². The third-order valence-corrected chi connectivity index (χ3v) is 5.17. The lowest BCUT2D eigenvalue weighted by molar-refractivity contribution is 0.236. The minimum atomic E-state index is -0.384. The fourth-order valence-corrected chi connectivity index (χ4v) is 3.60. The van der Waals surface area contributed by atoms with Gasteiger partial charge in [-0.15, -0.1) is 0 Å². The molecule has 4 heteroatoms. The highest BCUT2D eigenvalue weighted by atomic mass is 19.1. The van der Waals surface area contributed by atoms with Gasteiger partial charge in [-0.1, -0.05) is 29.8 Å². The molecule has 1 aliphatic carbocycles. The van der Waals surface area contributed by atoms with Gasteiger partial charge in [0.05, 0.1) is 0 Å². The van der Waals surface area contributed by atoms with E-state index in [1.54, 1.807) is 0 Å². The standard InChI is InChI=1S/C23H24F2N2/c1-17-4-2-5-18(12-17)14-26-11-3-6-22(26)16-27(21-8-9-21)15-19-13-20(24)7-10-23(19)25/h2-7,10-13,21H,8-9,14-16H2,1H3. The van der Waals surface area contributed by atoms with Crippen molar-refractivity contribution in [2.24, 2.45) is 0 Å². The number of benzene rings is 2. The van der Waals surface area contributed by atoms with Crippen LogP contribution in [0.15, 0.2) is 60.8 Å². The maximum absolute atomic E-state index is 14.1. The molecule has 0 atom stereocenters. The lowest BCUT2D eigenvalue weighted by Crippen LogP contribution is -2.27. The Morgan fingerprint density at radius 2 is 1.85 bits per heavy atom. The summed E-state index contributed by atoms with van der Waals surface area (Å²) in [5.74, 6) is -0.720. The summed E-state index contributed by atoms with van der Waals surface area (Å²) in [7, 11) is 0. The molecule has 140 valence electrons. The molecule has 1 saturated carbocycles. The topological polar surface area (TPSA) is 8.17 Å². The van der Waals surface area contributed by atoms with Crippen molar-refractivity contribution in [1.82, 2.24) is 9.47 Å². The van der Waals surface area contributed by atoms with E-state index < -0.39 is 0 Å². The van der Waals surface area contributed by atoms with E-state index in [1.165, 1.54) is 35.0 Å². The molecule has 1 aliphatic rings. The van der Waals surface area contributed by atoms with Gasteiger partial charge in [0.15, 0.2) is 0 Å². The van der Waals surface area contributed by atoms with E-state index in [-0.39, 0.29) is 11.6 Å². The molecule has 0 unspecified atom stereocenters. The summed E-state index contributed by atoms with van der Waals surface area (Å²) < 4.78 is 29.9. The molecule has 0 spiro atoms. The lowest BCUT2D eigenvalue weighted by atomic mass is 10.1. The van der Waals surface area contributed by atoms with Crippen LogP contribution in [0, 0.1) is 18.6 Å². The first kappa shape index (κ1) is 17.9. The van der Waals surface area contributed by atoms with E-state index in [2.05, 4.69) is 59.0 Å². The van der Waals surface area contributed by atoms with Crippen LogP contribution in [-0.4, -0.2) is 15.5 Å². The van der Waals surface area contributed by atoms with Crippen molar-refractivity contribution in [2.45, 2.75) is 45.4 Å². The zero-order valence-electron chi connectivity index (χ0n) is 15.5. The molecule has 0 saturated heterocycles. The fraction of sp³-hybridized carbons (Fsp3) is 0.304. The van der Waals surface area contributed by atoms with E-state index >= 15 is 0 Å². The molecule has 1 heterocycles. The molecule has 27 heavy (non-hydrogen) atoms. The Hall–Kier alpha value is -2.46. The van der Waals surface area contributed by atoms with E-state index in [0.717, 1.165) is 25.9 Å². The number of hydrogen-bond donors (Lipinski definition) is 0. The summed E-state index contributed by atoms with van der Waals surface area (Å²) in [5, 5.41) is 0. The molecular formula is C23H24F2N2. The summed E-state index contributed by atoms with van der Waals surface area (Å²) in [4.78, 5) is 2.26. The Bertz CT molecular complexity index is 928. The van der Waals surface area contributed by atoms with Gasteiger partial charge in [0, 0.05) is 43.1 Å². The number of hydrogen-bond acceptors (Lipinski definition) is 1. The zero-order valence-corrected chi connectivity index (χ0v) is 15.5. The number of aromatic nitrogens is 1. The third-order valence-electron chi connectivity index (χ3n) is 5.17. The van der Waals surface area contributed by atoms with Crippen LogP contribution >= 0.6 is 0 Å². The molecule has 2 aromatic carbocycles. The predicted molar refractivity (Wildman–Crippen MR) is 103 cm³/mol. The average molecular weight is 366 g/mol. The highest BCUT2D eigenvalue weighted by Gasteiger charge is 2.30. The van der Waals surface area contributed by atoms with Crippen molar-refractivity contribution in [3.8, 4) is 0 Å². The van der Waals surface area contributed by atoms with Crippen molar-refractivity contribution >= 4 is 0 Å². The molecule has 0 N–H and O–H groups in total. The molecule has 0 amide bonds. The van der Waals surface area contributed by atoms with Gasteiger partial charge in [-0.3, -0.25) is 4.90 Å². The van der Waals surface area contributed by atoms with E-state index in [0.29, 0.717) is 18.2 Å². The van der Waals surface area contributed by atoms with E-state index in [4.69, 9.17) is 0 Å². The maximum atomic E-state index is 14.1. The Morgan fingerprint density at radius 3 is 2.63 bits per heavy atom. The van der Waals surface area contributed by atoms with Crippen LogP contribution in [0.3, 0.4) is 0 Å². The second-order valence-electron chi connectivity index (χ2n) is 7.49. The van der Waals surface area contributed by atoms with Crippen molar-refractivity contribution < 1.29 is 8.78 Å². The summed E-state index contributed by atoms with van der Waals surface area (Å²) in [5.41, 5.74) is 4.14. The molecule has 0 bridgehead atoms. The molecule has 2 nitrogen and oxygen atoms in total. The van der Waals surface area contributed by atoms with Crippen LogP contribution in [0.4, 0.5) is 8.78 Å². The van der Waals surface area contributed by atoms with Gasteiger partial charge in [-0.25, -0.2) is 8.78 Å². The molecule has 1 aromatic heterocycles. The molecule has 0 radical (unpaired) electrons. The average Bonchev–Trinajstić information content (AvgIpc) is 3.40. The number of nitrogens with zero attached hydrogens (tertiary/aromatic N) is 2.